The van der Waals surface area contributed by atoms with Gasteiger partial charge in [-0.2, -0.15) is 4.31 Å². The van der Waals surface area contributed by atoms with Crippen molar-refractivity contribution >= 4 is 27.3 Å². The Morgan fingerprint density at radius 2 is 1.65 bits per heavy atom. The minimum absolute atomic E-state index is 0.0348. The Bertz CT molecular complexity index is 946. The summed E-state index contributed by atoms with van der Waals surface area (Å²) < 4.78 is 27.1. The topological polar surface area (TPSA) is 69.7 Å². The fourth-order valence-electron chi connectivity index (χ4n) is 4.44. The Morgan fingerprint density at radius 3 is 2.29 bits per heavy atom. The minimum Gasteiger partial charge on any atom is -0.354 e. The summed E-state index contributed by atoms with van der Waals surface area (Å²) >= 11 is 1.74. The molecule has 0 bridgehead atoms. The zero-order valence-electron chi connectivity index (χ0n) is 17.8. The third-order valence-electron chi connectivity index (χ3n) is 6.19. The predicted molar refractivity (Wildman–Crippen MR) is 124 cm³/mol. The minimum atomic E-state index is -3.43. The predicted octanol–water partition coefficient (Wildman–Crippen LogP) is 3.42. The lowest BCUT2D eigenvalue weighted by atomic mass is 10.1. The van der Waals surface area contributed by atoms with Crippen molar-refractivity contribution in [3.63, 3.8) is 0 Å². The maximum Gasteiger partial charge on any atom is 0.243 e. The van der Waals surface area contributed by atoms with Crippen LogP contribution in [0.3, 0.4) is 0 Å². The molecule has 0 saturated carbocycles. The van der Waals surface area contributed by atoms with Gasteiger partial charge in [-0.3, -0.25) is 9.69 Å². The zero-order chi connectivity index (χ0) is 21.7. The normalized spacial score (nSPS) is 19.4. The molecule has 2 aliphatic rings. The summed E-state index contributed by atoms with van der Waals surface area (Å²) in [6.45, 7) is 3.93. The van der Waals surface area contributed by atoms with Crippen LogP contribution in [0.1, 0.15) is 48.6 Å². The van der Waals surface area contributed by atoms with E-state index < -0.39 is 10.0 Å². The van der Waals surface area contributed by atoms with Crippen LogP contribution in [0.5, 0.6) is 0 Å². The number of carbonyl (C=O) groups is 1. The van der Waals surface area contributed by atoms with Crippen molar-refractivity contribution in [3.05, 3.63) is 52.2 Å². The summed E-state index contributed by atoms with van der Waals surface area (Å²) in [4.78, 5) is 16.6. The first-order chi connectivity index (χ1) is 15.0. The van der Waals surface area contributed by atoms with E-state index in [-0.39, 0.29) is 18.4 Å². The van der Waals surface area contributed by atoms with E-state index in [0.29, 0.717) is 24.5 Å². The molecule has 2 aliphatic heterocycles. The summed E-state index contributed by atoms with van der Waals surface area (Å²) in [7, 11) is -3.43. The highest BCUT2D eigenvalue weighted by molar-refractivity contribution is 7.89. The SMILES string of the molecule is O=C(Cc1ccc(S(=O)(=O)N2CCCCC2)cc1)NCC(c1cccs1)N1CCCC1. The fraction of sp³-hybridized carbons (Fsp3) is 0.522. The van der Waals surface area contributed by atoms with Gasteiger partial charge in [-0.15, -0.1) is 11.3 Å². The maximum atomic E-state index is 12.8. The largest absolute Gasteiger partial charge is 0.354 e. The van der Waals surface area contributed by atoms with E-state index in [1.165, 1.54) is 17.7 Å². The third kappa shape index (κ3) is 5.55. The van der Waals surface area contributed by atoms with Crippen molar-refractivity contribution in [1.29, 1.82) is 0 Å². The molecule has 2 aromatic rings. The van der Waals surface area contributed by atoms with E-state index in [2.05, 4.69) is 27.7 Å². The van der Waals surface area contributed by atoms with Gasteiger partial charge in [0.25, 0.3) is 0 Å². The summed E-state index contributed by atoms with van der Waals surface area (Å²) in [5, 5.41) is 5.18. The molecule has 0 radical (unpaired) electrons. The van der Waals surface area contributed by atoms with Gasteiger partial charge in [0, 0.05) is 24.5 Å². The van der Waals surface area contributed by atoms with Gasteiger partial charge >= 0.3 is 0 Å². The number of benzene rings is 1. The molecule has 1 atom stereocenters. The van der Waals surface area contributed by atoms with Crippen LogP contribution >= 0.6 is 11.3 Å². The molecule has 0 aliphatic carbocycles. The van der Waals surface area contributed by atoms with Gasteiger partial charge in [-0.25, -0.2) is 8.42 Å². The molecule has 1 aromatic carbocycles. The zero-order valence-corrected chi connectivity index (χ0v) is 19.5. The van der Waals surface area contributed by atoms with Crippen LogP contribution in [-0.2, 0) is 21.2 Å². The van der Waals surface area contributed by atoms with Gasteiger partial charge in [-0.1, -0.05) is 24.6 Å². The number of hydrogen-bond donors (Lipinski definition) is 1. The number of carbonyl (C=O) groups excluding carboxylic acids is 1. The molecule has 168 valence electrons. The van der Waals surface area contributed by atoms with Gasteiger partial charge in [0.2, 0.25) is 15.9 Å². The molecular formula is C23H31N3O3S2. The number of rotatable bonds is 8. The molecule has 31 heavy (non-hydrogen) atoms. The lowest BCUT2D eigenvalue weighted by Gasteiger charge is -2.27. The number of amides is 1. The van der Waals surface area contributed by atoms with Crippen LogP contribution in [-0.4, -0.2) is 56.3 Å². The number of piperidine rings is 1. The highest BCUT2D eigenvalue weighted by Gasteiger charge is 2.26. The average molecular weight is 462 g/mol. The van der Waals surface area contributed by atoms with E-state index in [4.69, 9.17) is 0 Å². The summed E-state index contributed by atoms with van der Waals surface area (Å²) in [5.74, 6) is -0.0348. The summed E-state index contributed by atoms with van der Waals surface area (Å²) in [6.07, 6.45) is 5.60. The molecule has 2 fully saturated rings. The summed E-state index contributed by atoms with van der Waals surface area (Å²) in [5.41, 5.74) is 0.823. The van der Waals surface area contributed by atoms with Gasteiger partial charge in [0.05, 0.1) is 17.4 Å². The van der Waals surface area contributed by atoms with E-state index in [1.54, 1.807) is 39.9 Å². The van der Waals surface area contributed by atoms with Gasteiger partial charge < -0.3 is 5.32 Å². The first-order valence-corrected chi connectivity index (χ1v) is 13.5. The second kappa shape index (κ2) is 10.3. The van der Waals surface area contributed by atoms with Gasteiger partial charge in [0.15, 0.2) is 0 Å². The smallest absolute Gasteiger partial charge is 0.243 e. The van der Waals surface area contributed by atoms with Crippen molar-refractivity contribution in [2.75, 3.05) is 32.7 Å². The van der Waals surface area contributed by atoms with E-state index >= 15 is 0 Å². The Labute approximate surface area is 189 Å². The molecule has 8 heteroatoms. The number of sulfonamides is 1. The summed E-state index contributed by atoms with van der Waals surface area (Å²) in [6, 6.07) is 11.2. The number of nitrogens with zero attached hydrogens (tertiary/aromatic N) is 2. The maximum absolute atomic E-state index is 12.8. The van der Waals surface area contributed by atoms with Crippen molar-refractivity contribution in [2.45, 2.75) is 49.5 Å². The Hall–Kier alpha value is -1.74. The number of thiophene rings is 1. The molecule has 3 heterocycles. The van der Waals surface area contributed by atoms with Gasteiger partial charge in [-0.05, 0) is 67.9 Å². The molecule has 0 spiro atoms. The van der Waals surface area contributed by atoms with Crippen LogP contribution in [0, 0.1) is 0 Å². The van der Waals surface area contributed by atoms with Crippen LogP contribution in [0.15, 0.2) is 46.7 Å². The molecule has 4 rings (SSSR count). The monoisotopic (exact) mass is 461 g/mol. The highest BCUT2D eigenvalue weighted by Crippen LogP contribution is 2.28. The second-order valence-corrected chi connectivity index (χ2v) is 11.3. The first kappa shape index (κ1) is 22.5. The number of hydrogen-bond acceptors (Lipinski definition) is 5. The van der Waals surface area contributed by atoms with Crippen LogP contribution in [0.4, 0.5) is 0 Å². The lowest BCUT2D eigenvalue weighted by Crippen LogP contribution is -2.37. The molecular weight excluding hydrogens is 430 g/mol. The molecule has 6 nitrogen and oxygen atoms in total. The average Bonchev–Trinajstić information content (AvgIpc) is 3.50. The molecule has 1 amide bonds. The van der Waals surface area contributed by atoms with E-state index in [9.17, 15) is 13.2 Å². The van der Waals surface area contributed by atoms with Crippen LogP contribution in [0.25, 0.3) is 0 Å². The first-order valence-electron chi connectivity index (χ1n) is 11.2. The molecule has 1 aromatic heterocycles. The number of likely N-dealkylation sites (tertiary alicyclic amines) is 1. The molecule has 1 unspecified atom stereocenters. The quantitative estimate of drug-likeness (QED) is 0.654. The Balaban J connectivity index is 1.34. The van der Waals surface area contributed by atoms with E-state index in [1.807, 2.05) is 0 Å². The Morgan fingerprint density at radius 1 is 0.968 bits per heavy atom. The van der Waals surface area contributed by atoms with Crippen molar-refractivity contribution in [1.82, 2.24) is 14.5 Å². The molecule has 2 saturated heterocycles. The van der Waals surface area contributed by atoms with Crippen LogP contribution < -0.4 is 5.32 Å². The standard InChI is InChI=1S/C23H31N3O3S2/c27-23(24-18-21(22-7-6-16-30-22)25-12-4-5-13-25)17-19-8-10-20(11-9-19)31(28,29)26-14-2-1-3-15-26/h6-11,16,21H,1-5,12-15,17-18H2,(H,24,27). The van der Waals surface area contributed by atoms with Crippen molar-refractivity contribution in [3.8, 4) is 0 Å². The van der Waals surface area contributed by atoms with Crippen LogP contribution in [0.2, 0.25) is 0 Å². The Kier molecular flexibility index (Phi) is 7.43. The second-order valence-electron chi connectivity index (χ2n) is 8.36. The van der Waals surface area contributed by atoms with Gasteiger partial charge in [0.1, 0.15) is 0 Å². The fourth-order valence-corrected chi connectivity index (χ4v) is 6.81. The highest BCUT2D eigenvalue weighted by atomic mass is 32.2. The third-order valence-corrected chi connectivity index (χ3v) is 9.07. The van der Waals surface area contributed by atoms with Crippen molar-refractivity contribution < 1.29 is 13.2 Å². The lowest BCUT2D eigenvalue weighted by molar-refractivity contribution is -0.120. The molecule has 1 N–H and O–H groups in total. The van der Waals surface area contributed by atoms with E-state index in [0.717, 1.165) is 37.9 Å². The number of nitrogens with one attached hydrogen (secondary N) is 1. The van der Waals surface area contributed by atoms with Crippen molar-refractivity contribution in [2.24, 2.45) is 0 Å².